The maximum absolute atomic E-state index is 12.3. The van der Waals surface area contributed by atoms with Gasteiger partial charge in [-0.15, -0.1) is 0 Å². The van der Waals surface area contributed by atoms with Crippen LogP contribution in [0.1, 0.15) is 37.7 Å². The smallest absolute Gasteiger partial charge is 0.422 e. The van der Waals surface area contributed by atoms with Gasteiger partial charge in [0.25, 0.3) is 0 Å². The zero-order chi connectivity index (χ0) is 22.1. The molecule has 0 spiro atoms. The summed E-state index contributed by atoms with van der Waals surface area (Å²) < 4.78 is 53.4. The van der Waals surface area contributed by atoms with Crippen molar-refractivity contribution in [3.8, 4) is 5.88 Å². The van der Waals surface area contributed by atoms with E-state index in [0.29, 0.717) is 13.2 Å². The van der Waals surface area contributed by atoms with Gasteiger partial charge in [-0.05, 0) is 43.7 Å². The summed E-state index contributed by atoms with van der Waals surface area (Å²) in [5.41, 5.74) is 0.763. The minimum atomic E-state index is -4.39. The number of aromatic nitrogens is 1. The summed E-state index contributed by atoms with van der Waals surface area (Å²) in [7, 11) is 1.72. The van der Waals surface area contributed by atoms with Crippen LogP contribution in [0.5, 0.6) is 5.88 Å². The van der Waals surface area contributed by atoms with Crippen LogP contribution in [-0.2, 0) is 16.0 Å². The quantitative estimate of drug-likeness (QED) is 0.515. The van der Waals surface area contributed by atoms with Gasteiger partial charge in [0.1, 0.15) is 0 Å². The Morgan fingerprint density at radius 1 is 1.29 bits per heavy atom. The number of nitrogens with one attached hydrogen (secondary N) is 1. The molecule has 1 aromatic heterocycles. The average molecular weight is 444 g/mol. The number of alkyl halides is 3. The molecule has 1 N–H and O–H groups in total. The summed E-state index contributed by atoms with van der Waals surface area (Å²) in [4.78, 5) is 10.3. The molecule has 10 heteroatoms. The van der Waals surface area contributed by atoms with Gasteiger partial charge in [0, 0.05) is 45.6 Å². The first-order valence-corrected chi connectivity index (χ1v) is 10.8. The van der Waals surface area contributed by atoms with Crippen molar-refractivity contribution >= 4 is 5.96 Å². The molecule has 2 fully saturated rings. The number of halogens is 3. The Morgan fingerprint density at radius 2 is 2.10 bits per heavy atom. The molecule has 0 radical (unpaired) electrons. The van der Waals surface area contributed by atoms with Gasteiger partial charge in [0.2, 0.25) is 5.88 Å². The van der Waals surface area contributed by atoms with Crippen molar-refractivity contribution in [1.29, 1.82) is 0 Å². The standard InChI is InChI=1S/C21H31F3N4O3/c1-25-20(27-13-16-5-8-26-19(12-16)31-15-21(22,23)24)28-9-6-17(7-10-28)30-14-18-4-2-3-11-29-18/h5,8,12,17-18H,2-4,6-7,9-11,13-15H2,1H3,(H,25,27). The van der Waals surface area contributed by atoms with Gasteiger partial charge in [-0.25, -0.2) is 4.98 Å². The first kappa shape index (κ1) is 23.6. The van der Waals surface area contributed by atoms with E-state index < -0.39 is 12.8 Å². The zero-order valence-electron chi connectivity index (χ0n) is 17.9. The molecule has 1 aromatic rings. The van der Waals surface area contributed by atoms with E-state index in [9.17, 15) is 13.2 Å². The molecule has 0 saturated carbocycles. The van der Waals surface area contributed by atoms with E-state index in [0.717, 1.165) is 56.9 Å². The van der Waals surface area contributed by atoms with Crippen molar-refractivity contribution in [1.82, 2.24) is 15.2 Å². The summed E-state index contributed by atoms with van der Waals surface area (Å²) in [6, 6.07) is 3.23. The maximum Gasteiger partial charge on any atom is 0.422 e. The fourth-order valence-electron chi connectivity index (χ4n) is 3.73. The van der Waals surface area contributed by atoms with Crippen molar-refractivity contribution in [2.24, 2.45) is 4.99 Å². The van der Waals surface area contributed by atoms with Crippen molar-refractivity contribution in [2.45, 2.75) is 57.0 Å². The lowest BCUT2D eigenvalue weighted by Crippen LogP contribution is -2.47. The van der Waals surface area contributed by atoms with Crippen LogP contribution in [0.15, 0.2) is 23.3 Å². The predicted molar refractivity (Wildman–Crippen MR) is 110 cm³/mol. The van der Waals surface area contributed by atoms with Crippen LogP contribution in [0, 0.1) is 0 Å². The summed E-state index contributed by atoms with van der Waals surface area (Å²) in [6.45, 7) is 2.20. The largest absolute Gasteiger partial charge is 0.468 e. The Morgan fingerprint density at radius 3 is 2.77 bits per heavy atom. The lowest BCUT2D eigenvalue weighted by Gasteiger charge is -2.35. The number of hydrogen-bond donors (Lipinski definition) is 1. The Labute approximate surface area is 181 Å². The Bertz CT molecular complexity index is 703. The summed E-state index contributed by atoms with van der Waals surface area (Å²) in [6.07, 6.45) is 2.76. The second-order valence-corrected chi connectivity index (χ2v) is 7.82. The lowest BCUT2D eigenvalue weighted by atomic mass is 10.1. The molecule has 2 saturated heterocycles. The monoisotopic (exact) mass is 444 g/mol. The van der Waals surface area contributed by atoms with Gasteiger partial charge in [0.05, 0.1) is 18.8 Å². The second kappa shape index (κ2) is 11.5. The summed E-state index contributed by atoms with van der Waals surface area (Å²) >= 11 is 0. The summed E-state index contributed by atoms with van der Waals surface area (Å²) in [5, 5.41) is 3.26. The maximum atomic E-state index is 12.3. The van der Waals surface area contributed by atoms with Crippen LogP contribution in [0.25, 0.3) is 0 Å². The number of aliphatic imine (C=N–C) groups is 1. The molecule has 1 unspecified atom stereocenters. The first-order chi connectivity index (χ1) is 14.9. The van der Waals surface area contributed by atoms with E-state index in [1.54, 1.807) is 13.1 Å². The molecule has 0 bridgehead atoms. The zero-order valence-corrected chi connectivity index (χ0v) is 17.9. The highest BCUT2D eigenvalue weighted by Crippen LogP contribution is 2.19. The van der Waals surface area contributed by atoms with E-state index in [1.165, 1.54) is 18.7 Å². The molecular weight excluding hydrogens is 413 g/mol. The fourth-order valence-corrected chi connectivity index (χ4v) is 3.73. The Balaban J connectivity index is 1.40. The van der Waals surface area contributed by atoms with E-state index in [2.05, 4.69) is 20.2 Å². The van der Waals surface area contributed by atoms with Gasteiger partial charge >= 0.3 is 6.18 Å². The van der Waals surface area contributed by atoms with Gasteiger partial charge < -0.3 is 24.4 Å². The SMILES string of the molecule is CN=C(NCc1ccnc(OCC(F)(F)F)c1)N1CCC(OCC2CCCCO2)CC1. The third-order valence-corrected chi connectivity index (χ3v) is 5.38. The number of guanidine groups is 1. The first-order valence-electron chi connectivity index (χ1n) is 10.8. The van der Waals surface area contributed by atoms with E-state index in [-0.39, 0.29) is 18.1 Å². The number of rotatable bonds is 7. The normalized spacial score (nSPS) is 21.2. The number of ether oxygens (including phenoxy) is 3. The van der Waals surface area contributed by atoms with Crippen molar-refractivity contribution in [2.75, 3.05) is 40.0 Å². The highest BCUT2D eigenvalue weighted by Gasteiger charge is 2.28. The van der Waals surface area contributed by atoms with Crippen LogP contribution in [-0.4, -0.2) is 74.2 Å². The summed E-state index contributed by atoms with van der Waals surface area (Å²) in [5.74, 6) is 0.704. The van der Waals surface area contributed by atoms with Gasteiger partial charge in [-0.2, -0.15) is 13.2 Å². The number of hydrogen-bond acceptors (Lipinski definition) is 5. The minimum Gasteiger partial charge on any atom is -0.468 e. The molecule has 0 aliphatic carbocycles. The van der Waals surface area contributed by atoms with E-state index in [4.69, 9.17) is 14.2 Å². The molecule has 1 atom stereocenters. The van der Waals surface area contributed by atoms with Gasteiger partial charge in [0.15, 0.2) is 12.6 Å². The van der Waals surface area contributed by atoms with E-state index >= 15 is 0 Å². The van der Waals surface area contributed by atoms with Gasteiger partial charge in [-0.1, -0.05) is 0 Å². The molecule has 31 heavy (non-hydrogen) atoms. The molecule has 174 valence electrons. The minimum absolute atomic E-state index is 0.0495. The van der Waals surface area contributed by atoms with Crippen molar-refractivity contribution < 1.29 is 27.4 Å². The molecule has 0 aromatic carbocycles. The van der Waals surface area contributed by atoms with Crippen LogP contribution >= 0.6 is 0 Å². The number of likely N-dealkylation sites (tertiary alicyclic amines) is 1. The Hall–Kier alpha value is -2.07. The number of pyridine rings is 1. The molecule has 2 aliphatic rings. The predicted octanol–water partition coefficient (Wildman–Crippen LogP) is 3.15. The van der Waals surface area contributed by atoms with Crippen LogP contribution < -0.4 is 10.1 Å². The Kier molecular flexibility index (Phi) is 8.77. The van der Waals surface area contributed by atoms with Crippen molar-refractivity contribution in [3.05, 3.63) is 23.9 Å². The second-order valence-electron chi connectivity index (χ2n) is 7.82. The third-order valence-electron chi connectivity index (χ3n) is 5.38. The highest BCUT2D eigenvalue weighted by atomic mass is 19.4. The topological polar surface area (TPSA) is 68.2 Å². The van der Waals surface area contributed by atoms with Gasteiger partial charge in [-0.3, -0.25) is 4.99 Å². The van der Waals surface area contributed by atoms with Crippen LogP contribution in [0.3, 0.4) is 0 Å². The highest BCUT2D eigenvalue weighted by molar-refractivity contribution is 5.79. The molecule has 0 amide bonds. The molecule has 3 heterocycles. The number of piperidine rings is 1. The van der Waals surface area contributed by atoms with Crippen LogP contribution in [0.4, 0.5) is 13.2 Å². The molecule has 2 aliphatic heterocycles. The van der Waals surface area contributed by atoms with E-state index in [1.807, 2.05) is 0 Å². The molecule has 7 nitrogen and oxygen atoms in total. The third kappa shape index (κ3) is 8.17. The lowest BCUT2D eigenvalue weighted by molar-refractivity contribution is -0.154. The fraction of sp³-hybridized carbons (Fsp3) is 0.714. The molecular formula is C21H31F3N4O3. The number of nitrogens with zero attached hydrogens (tertiary/aromatic N) is 3. The van der Waals surface area contributed by atoms with Crippen LogP contribution in [0.2, 0.25) is 0 Å². The average Bonchev–Trinajstić information content (AvgIpc) is 2.78. The van der Waals surface area contributed by atoms with Crippen molar-refractivity contribution in [3.63, 3.8) is 0 Å². The molecule has 3 rings (SSSR count).